The van der Waals surface area contributed by atoms with E-state index in [9.17, 15) is 14.6 Å². The number of rotatable bonds is 4. The molecule has 94 valence electrons. The molecule has 5 heteroatoms. The van der Waals surface area contributed by atoms with Crippen LogP contribution in [0.4, 0.5) is 0 Å². The van der Waals surface area contributed by atoms with Gasteiger partial charge in [0, 0.05) is 5.30 Å². The summed E-state index contributed by atoms with van der Waals surface area (Å²) in [5.74, 6) is 0.147. The van der Waals surface area contributed by atoms with Gasteiger partial charge in [-0.05, 0) is 24.3 Å². The second kappa shape index (κ2) is 5.25. The molecule has 0 heterocycles. The van der Waals surface area contributed by atoms with Crippen molar-refractivity contribution < 1.29 is 19.3 Å². The van der Waals surface area contributed by atoms with Crippen molar-refractivity contribution in [3.63, 3.8) is 0 Å². The Balaban J connectivity index is 2.11. The van der Waals surface area contributed by atoms with Crippen LogP contribution in [0.1, 0.15) is 0 Å². The van der Waals surface area contributed by atoms with E-state index in [0.717, 1.165) is 0 Å². The smallest absolute Gasteiger partial charge is 0.265 e. The zero-order chi connectivity index (χ0) is 13.0. The minimum Gasteiger partial charge on any atom is -0.504 e. The second-order valence-electron chi connectivity index (χ2n) is 3.78. The summed E-state index contributed by atoms with van der Waals surface area (Å²) >= 11 is 0. The molecule has 0 bridgehead atoms. The van der Waals surface area contributed by atoms with Gasteiger partial charge in [-0.1, -0.05) is 30.3 Å². The van der Waals surface area contributed by atoms with E-state index in [4.69, 9.17) is 4.74 Å². The van der Waals surface area contributed by atoms with Crippen LogP contribution in [0.2, 0.25) is 0 Å². The molecule has 18 heavy (non-hydrogen) atoms. The van der Waals surface area contributed by atoms with E-state index in [1.807, 2.05) is 0 Å². The molecule has 0 aliphatic heterocycles. The largest absolute Gasteiger partial charge is 0.504 e. The molecule has 2 N–H and O–H groups in total. The number of phenols is 1. The van der Waals surface area contributed by atoms with Crippen LogP contribution in [0, 0.1) is 0 Å². The highest BCUT2D eigenvalue weighted by Gasteiger charge is 2.22. The second-order valence-corrected chi connectivity index (χ2v) is 5.96. The molecule has 0 radical (unpaired) electrons. The monoisotopic (exact) mass is 264 g/mol. The highest BCUT2D eigenvalue weighted by atomic mass is 31.2. The van der Waals surface area contributed by atoms with Gasteiger partial charge in [-0.3, -0.25) is 4.57 Å². The van der Waals surface area contributed by atoms with Crippen molar-refractivity contribution >= 4 is 12.7 Å². The summed E-state index contributed by atoms with van der Waals surface area (Å²) in [5, 5.41) is 9.82. The maximum atomic E-state index is 12.0. The topological polar surface area (TPSA) is 66.8 Å². The summed E-state index contributed by atoms with van der Waals surface area (Å²) in [6.45, 7) is 0. The van der Waals surface area contributed by atoms with E-state index in [1.54, 1.807) is 48.5 Å². The fourth-order valence-electron chi connectivity index (χ4n) is 1.47. The van der Waals surface area contributed by atoms with Crippen LogP contribution in [-0.4, -0.2) is 16.3 Å². The molecule has 2 aromatic rings. The van der Waals surface area contributed by atoms with Crippen molar-refractivity contribution in [1.29, 1.82) is 0 Å². The Morgan fingerprint density at radius 2 is 1.61 bits per heavy atom. The fourth-order valence-corrected chi connectivity index (χ4v) is 2.57. The molecule has 2 aromatic carbocycles. The quantitative estimate of drug-likeness (QED) is 0.832. The molecule has 0 aromatic heterocycles. The Morgan fingerprint density at radius 3 is 2.28 bits per heavy atom. The van der Waals surface area contributed by atoms with E-state index in [2.05, 4.69) is 0 Å². The number of phenolic OH excluding ortho intramolecular Hbond substituents is 1. The summed E-state index contributed by atoms with van der Waals surface area (Å²) in [5.41, 5.74) is 0. The Bertz CT molecular complexity index is 568. The summed E-state index contributed by atoms with van der Waals surface area (Å²) in [7, 11) is -3.56. The summed E-state index contributed by atoms with van der Waals surface area (Å²) in [4.78, 5) is 9.89. The van der Waals surface area contributed by atoms with Crippen molar-refractivity contribution in [2.45, 2.75) is 0 Å². The van der Waals surface area contributed by atoms with Gasteiger partial charge in [0.1, 0.15) is 0 Å². The minimum absolute atomic E-state index is 0.0504. The lowest BCUT2D eigenvalue weighted by Gasteiger charge is -2.13. The third kappa shape index (κ3) is 2.92. The molecule has 1 atom stereocenters. The molecule has 4 nitrogen and oxygen atoms in total. The Kier molecular flexibility index (Phi) is 3.70. The molecule has 0 spiro atoms. The Labute approximate surface area is 105 Å². The first-order chi connectivity index (χ1) is 8.59. The lowest BCUT2D eigenvalue weighted by Crippen LogP contribution is -2.10. The molecular formula is C13H13O4P. The number of hydrogen-bond acceptors (Lipinski definition) is 3. The van der Waals surface area contributed by atoms with Crippen LogP contribution in [0.5, 0.6) is 11.5 Å². The van der Waals surface area contributed by atoms with Crippen molar-refractivity contribution in [1.82, 2.24) is 0 Å². The van der Waals surface area contributed by atoms with Gasteiger partial charge in [-0.15, -0.1) is 0 Å². The minimum atomic E-state index is -3.56. The van der Waals surface area contributed by atoms with Crippen molar-refractivity contribution in [2.75, 3.05) is 6.35 Å². The van der Waals surface area contributed by atoms with E-state index in [-0.39, 0.29) is 17.8 Å². The lowest BCUT2D eigenvalue weighted by atomic mass is 10.3. The third-order valence-electron chi connectivity index (χ3n) is 2.42. The normalized spacial score (nSPS) is 13.8. The molecule has 1 unspecified atom stereocenters. The van der Waals surface area contributed by atoms with E-state index >= 15 is 0 Å². The first-order valence-electron chi connectivity index (χ1n) is 5.38. The number of ether oxygens (including phenoxy) is 1. The van der Waals surface area contributed by atoms with Gasteiger partial charge < -0.3 is 14.7 Å². The first kappa shape index (κ1) is 12.7. The van der Waals surface area contributed by atoms with Crippen LogP contribution in [-0.2, 0) is 4.57 Å². The molecule has 0 aliphatic rings. The standard InChI is InChI=1S/C13H13O4P/c14-12-8-4-5-9-13(12)17-10-18(15,16)11-6-2-1-3-7-11/h1-9,14H,10H2,(H,15,16). The molecular weight excluding hydrogens is 251 g/mol. The van der Waals surface area contributed by atoms with Gasteiger partial charge in [0.15, 0.2) is 17.8 Å². The molecule has 0 saturated heterocycles. The zero-order valence-corrected chi connectivity index (χ0v) is 10.5. The summed E-state index contributed by atoms with van der Waals surface area (Å²) in [6.07, 6.45) is -0.366. The lowest BCUT2D eigenvalue weighted by molar-refractivity contribution is 0.333. The van der Waals surface area contributed by atoms with Crippen LogP contribution in [0.3, 0.4) is 0 Å². The average molecular weight is 264 g/mol. The fraction of sp³-hybridized carbons (Fsp3) is 0.0769. The predicted octanol–water partition coefficient (Wildman–Crippen LogP) is 2.32. The SMILES string of the molecule is O=P(O)(COc1ccccc1O)c1ccccc1. The highest BCUT2D eigenvalue weighted by Crippen LogP contribution is 2.40. The molecule has 0 saturated carbocycles. The van der Waals surface area contributed by atoms with Gasteiger partial charge in [0.2, 0.25) is 0 Å². The van der Waals surface area contributed by atoms with Gasteiger partial charge in [0.05, 0.1) is 0 Å². The molecule has 0 amide bonds. The van der Waals surface area contributed by atoms with Gasteiger partial charge in [0.25, 0.3) is 7.37 Å². The average Bonchev–Trinajstić information content (AvgIpc) is 2.39. The number of benzene rings is 2. The predicted molar refractivity (Wildman–Crippen MR) is 69.5 cm³/mol. The van der Waals surface area contributed by atoms with E-state index < -0.39 is 7.37 Å². The molecule has 2 rings (SSSR count). The van der Waals surface area contributed by atoms with Crippen LogP contribution in [0.15, 0.2) is 54.6 Å². The highest BCUT2D eigenvalue weighted by molar-refractivity contribution is 7.65. The van der Waals surface area contributed by atoms with Gasteiger partial charge in [-0.2, -0.15) is 0 Å². The first-order valence-corrected chi connectivity index (χ1v) is 7.22. The summed E-state index contributed by atoms with van der Waals surface area (Å²) < 4.78 is 17.2. The van der Waals surface area contributed by atoms with Crippen LogP contribution >= 0.6 is 7.37 Å². The summed E-state index contributed by atoms with van der Waals surface area (Å²) in [6, 6.07) is 14.6. The zero-order valence-electron chi connectivity index (χ0n) is 9.56. The van der Waals surface area contributed by atoms with Gasteiger partial charge >= 0.3 is 0 Å². The van der Waals surface area contributed by atoms with Crippen molar-refractivity contribution in [3.05, 3.63) is 54.6 Å². The Morgan fingerprint density at radius 1 is 1.00 bits per heavy atom. The number of hydrogen-bond donors (Lipinski definition) is 2. The molecule has 0 fully saturated rings. The van der Waals surface area contributed by atoms with Gasteiger partial charge in [-0.25, -0.2) is 0 Å². The van der Waals surface area contributed by atoms with Crippen molar-refractivity contribution in [2.24, 2.45) is 0 Å². The van der Waals surface area contributed by atoms with E-state index in [1.165, 1.54) is 6.07 Å². The van der Waals surface area contributed by atoms with Crippen LogP contribution < -0.4 is 10.0 Å². The number of aromatic hydroxyl groups is 1. The third-order valence-corrected chi connectivity index (χ3v) is 4.00. The van der Waals surface area contributed by atoms with E-state index in [0.29, 0.717) is 5.30 Å². The number of para-hydroxylation sites is 2. The Hall–Kier alpha value is -1.77. The maximum Gasteiger partial charge on any atom is 0.265 e. The maximum absolute atomic E-state index is 12.0. The van der Waals surface area contributed by atoms with Crippen LogP contribution in [0.25, 0.3) is 0 Å². The van der Waals surface area contributed by atoms with Crippen molar-refractivity contribution in [3.8, 4) is 11.5 Å². The molecule has 0 aliphatic carbocycles.